The number of alkyl halides is 8. The fourth-order valence-corrected chi connectivity index (χ4v) is 1.59. The molecular formula is C16H18F8O4. The normalized spacial score (nSPS) is 14.2. The van der Waals surface area contributed by atoms with Gasteiger partial charge in [0, 0.05) is 11.1 Å². The van der Waals surface area contributed by atoms with Gasteiger partial charge < -0.3 is 9.47 Å². The highest BCUT2D eigenvalue weighted by atomic mass is 19.4. The molecule has 1 unspecified atom stereocenters. The summed E-state index contributed by atoms with van der Waals surface area (Å²) in [6, 6.07) is -5.72. The van der Waals surface area contributed by atoms with Crippen LogP contribution in [0.15, 0.2) is 24.3 Å². The molecule has 0 aromatic rings. The zero-order valence-corrected chi connectivity index (χ0v) is 15.1. The Balaban J connectivity index is 6.40. The maximum Gasteiger partial charge on any atom is 0.486 e. The first kappa shape index (κ1) is 25.9. The summed E-state index contributed by atoms with van der Waals surface area (Å²) in [7, 11) is 0. The van der Waals surface area contributed by atoms with Crippen LogP contribution in [-0.2, 0) is 19.1 Å². The third-order valence-electron chi connectivity index (χ3n) is 3.27. The predicted molar refractivity (Wildman–Crippen MR) is 80.3 cm³/mol. The molecule has 0 fully saturated rings. The zero-order valence-electron chi connectivity index (χ0n) is 15.1. The van der Waals surface area contributed by atoms with Crippen molar-refractivity contribution < 1.29 is 54.2 Å². The Bertz CT molecular complexity index is 617. The number of esters is 2. The van der Waals surface area contributed by atoms with E-state index in [2.05, 4.69) is 22.6 Å². The Morgan fingerprint density at radius 2 is 1.21 bits per heavy atom. The zero-order chi connectivity index (χ0) is 22.7. The van der Waals surface area contributed by atoms with Crippen LogP contribution < -0.4 is 0 Å². The van der Waals surface area contributed by atoms with Crippen molar-refractivity contribution in [1.82, 2.24) is 0 Å². The van der Waals surface area contributed by atoms with Crippen molar-refractivity contribution in [3.05, 3.63) is 24.3 Å². The molecule has 0 bridgehead atoms. The van der Waals surface area contributed by atoms with Gasteiger partial charge in [-0.25, -0.2) is 14.0 Å². The van der Waals surface area contributed by atoms with E-state index in [4.69, 9.17) is 0 Å². The molecule has 4 nitrogen and oxygen atoms in total. The van der Waals surface area contributed by atoms with E-state index in [1.165, 1.54) is 0 Å². The number of rotatable bonds is 10. The topological polar surface area (TPSA) is 52.6 Å². The summed E-state index contributed by atoms with van der Waals surface area (Å²) in [5.74, 6) is -23.8. The van der Waals surface area contributed by atoms with Gasteiger partial charge >= 0.3 is 35.7 Å². The van der Waals surface area contributed by atoms with E-state index in [1.54, 1.807) is 0 Å². The van der Waals surface area contributed by atoms with E-state index in [1.807, 2.05) is 0 Å². The quantitative estimate of drug-likeness (QED) is 0.216. The molecule has 0 rings (SSSR count). The van der Waals surface area contributed by atoms with Gasteiger partial charge in [-0.15, -0.1) is 0 Å². The van der Waals surface area contributed by atoms with Gasteiger partial charge in [0.2, 0.25) is 0 Å². The fourth-order valence-electron chi connectivity index (χ4n) is 1.59. The summed E-state index contributed by atoms with van der Waals surface area (Å²) < 4.78 is 119. The summed E-state index contributed by atoms with van der Waals surface area (Å²) in [6.45, 7) is 8.36. The lowest BCUT2D eigenvalue weighted by molar-refractivity contribution is -0.441. The summed E-state index contributed by atoms with van der Waals surface area (Å²) in [5, 5.41) is 0. The maximum atomic E-state index is 14.6. The third-order valence-corrected chi connectivity index (χ3v) is 3.27. The second kappa shape index (κ2) is 8.48. The largest absolute Gasteiger partial charge is 0.486 e. The Morgan fingerprint density at radius 3 is 1.50 bits per heavy atom. The van der Waals surface area contributed by atoms with Gasteiger partial charge in [-0.05, 0) is 20.3 Å². The van der Waals surface area contributed by atoms with Crippen LogP contribution in [0.5, 0.6) is 0 Å². The average molecular weight is 426 g/mol. The van der Waals surface area contributed by atoms with Gasteiger partial charge in [-0.2, -0.15) is 30.7 Å². The summed E-state index contributed by atoms with van der Waals surface area (Å²) >= 11 is 0. The standard InChI is InChI=1S/C16H18F8O4/c1-6-7-10(17)13(18,19)14(20,21)15(22,23)16(24,27-11(25)8(2)3)28-12(26)9(4)5/h10H,2,4,6-7H2,1,3,5H3. The SMILES string of the molecule is C=C(C)C(=O)OC(F)(OC(=O)C(=C)C)C(F)(F)C(F)(F)C(F)(F)C(F)CCC. The summed E-state index contributed by atoms with van der Waals surface area (Å²) in [6.07, 6.45) is -5.51. The van der Waals surface area contributed by atoms with Crippen LogP contribution in [0.4, 0.5) is 35.1 Å². The molecule has 0 aliphatic rings. The van der Waals surface area contributed by atoms with E-state index >= 15 is 0 Å². The Kier molecular flexibility index (Phi) is 7.83. The van der Waals surface area contributed by atoms with Crippen molar-refractivity contribution in [3.63, 3.8) is 0 Å². The van der Waals surface area contributed by atoms with Gasteiger partial charge in [0.25, 0.3) is 0 Å². The van der Waals surface area contributed by atoms with Crippen molar-refractivity contribution in [2.45, 2.75) is 63.6 Å². The first-order valence-electron chi connectivity index (χ1n) is 7.63. The second-order valence-corrected chi connectivity index (χ2v) is 5.90. The second-order valence-electron chi connectivity index (χ2n) is 5.90. The predicted octanol–water partition coefficient (Wildman–Crippen LogP) is 4.89. The van der Waals surface area contributed by atoms with Crippen molar-refractivity contribution in [2.24, 2.45) is 0 Å². The number of carbonyl (C=O) groups excluding carboxylic acids is 2. The van der Waals surface area contributed by atoms with Gasteiger partial charge in [-0.3, -0.25) is 0 Å². The van der Waals surface area contributed by atoms with Crippen LogP contribution in [0.1, 0.15) is 33.6 Å². The molecule has 0 heterocycles. The lowest BCUT2D eigenvalue weighted by Crippen LogP contribution is -2.68. The molecule has 0 saturated carbocycles. The van der Waals surface area contributed by atoms with E-state index in [0.717, 1.165) is 20.8 Å². The maximum absolute atomic E-state index is 14.6. The first-order chi connectivity index (χ1) is 12.4. The molecule has 0 N–H and O–H groups in total. The Morgan fingerprint density at radius 1 is 0.857 bits per heavy atom. The fraction of sp³-hybridized carbons (Fsp3) is 0.625. The van der Waals surface area contributed by atoms with Crippen molar-refractivity contribution in [3.8, 4) is 0 Å². The minimum atomic E-state index is -6.78. The molecule has 0 aliphatic heterocycles. The Hall–Kier alpha value is -2.14. The van der Waals surface area contributed by atoms with Crippen LogP contribution in [0.3, 0.4) is 0 Å². The van der Waals surface area contributed by atoms with Crippen molar-refractivity contribution >= 4 is 11.9 Å². The minimum Gasteiger partial charge on any atom is -0.386 e. The molecule has 0 saturated heterocycles. The molecule has 28 heavy (non-hydrogen) atoms. The van der Waals surface area contributed by atoms with E-state index in [-0.39, 0.29) is 0 Å². The van der Waals surface area contributed by atoms with Crippen LogP contribution in [0, 0.1) is 0 Å². The molecule has 0 radical (unpaired) electrons. The lowest BCUT2D eigenvalue weighted by atomic mass is 9.96. The number of ether oxygens (including phenoxy) is 2. The molecule has 162 valence electrons. The number of carbonyl (C=O) groups is 2. The number of hydrogen-bond donors (Lipinski definition) is 0. The molecular weight excluding hydrogens is 408 g/mol. The van der Waals surface area contributed by atoms with E-state index < -0.39 is 65.9 Å². The molecule has 0 aromatic heterocycles. The highest BCUT2D eigenvalue weighted by Crippen LogP contribution is 2.55. The van der Waals surface area contributed by atoms with E-state index in [9.17, 15) is 44.7 Å². The van der Waals surface area contributed by atoms with Crippen LogP contribution in [0.25, 0.3) is 0 Å². The third kappa shape index (κ3) is 4.64. The van der Waals surface area contributed by atoms with Crippen LogP contribution >= 0.6 is 0 Å². The van der Waals surface area contributed by atoms with Crippen molar-refractivity contribution in [2.75, 3.05) is 0 Å². The van der Waals surface area contributed by atoms with Crippen LogP contribution in [-0.4, -0.2) is 41.9 Å². The molecule has 1 atom stereocenters. The highest BCUT2D eigenvalue weighted by Gasteiger charge is 2.85. The monoisotopic (exact) mass is 426 g/mol. The van der Waals surface area contributed by atoms with Gasteiger partial charge in [0.15, 0.2) is 6.17 Å². The molecule has 0 spiro atoms. The number of halogens is 8. The lowest BCUT2D eigenvalue weighted by Gasteiger charge is -2.39. The molecule has 0 aromatic carbocycles. The summed E-state index contributed by atoms with van der Waals surface area (Å²) in [4.78, 5) is 22.7. The van der Waals surface area contributed by atoms with Crippen molar-refractivity contribution in [1.29, 1.82) is 0 Å². The minimum absolute atomic E-state index is 0.436. The molecule has 0 aliphatic carbocycles. The van der Waals surface area contributed by atoms with Gasteiger partial charge in [0.1, 0.15) is 0 Å². The first-order valence-corrected chi connectivity index (χ1v) is 7.63. The molecule has 0 amide bonds. The smallest absolute Gasteiger partial charge is 0.386 e. The highest BCUT2D eigenvalue weighted by molar-refractivity contribution is 5.89. The van der Waals surface area contributed by atoms with Gasteiger partial charge in [0.05, 0.1) is 0 Å². The van der Waals surface area contributed by atoms with E-state index in [0.29, 0.717) is 0 Å². The number of hydrogen-bond acceptors (Lipinski definition) is 4. The molecule has 12 heteroatoms. The Labute approximate surface area is 155 Å². The van der Waals surface area contributed by atoms with Gasteiger partial charge in [-0.1, -0.05) is 26.5 Å². The average Bonchev–Trinajstić information content (AvgIpc) is 2.53. The summed E-state index contributed by atoms with van der Waals surface area (Å²) in [5.41, 5.74) is -1.65. The van der Waals surface area contributed by atoms with Crippen LogP contribution in [0.2, 0.25) is 0 Å².